The van der Waals surface area contributed by atoms with Crippen LogP contribution in [0.25, 0.3) is 0 Å². The minimum absolute atomic E-state index is 0.00556. The minimum atomic E-state index is -0.386. The van der Waals surface area contributed by atoms with Crippen LogP contribution >= 0.6 is 0 Å². The number of likely N-dealkylation sites (tertiary alicyclic amines) is 1. The highest BCUT2D eigenvalue weighted by molar-refractivity contribution is 5.48. The third-order valence-electron chi connectivity index (χ3n) is 3.41. The molecule has 1 rings (SSSR count). The summed E-state index contributed by atoms with van der Waals surface area (Å²) in [5.74, 6) is 0. The first kappa shape index (κ1) is 10.5. The number of rotatable bonds is 3. The van der Waals surface area contributed by atoms with Gasteiger partial charge in [0.15, 0.2) is 0 Å². The lowest BCUT2D eigenvalue weighted by Gasteiger charge is -2.36. The van der Waals surface area contributed by atoms with Crippen molar-refractivity contribution in [2.45, 2.75) is 13.8 Å². The Morgan fingerprint density at radius 3 is 1.85 bits per heavy atom. The van der Waals surface area contributed by atoms with E-state index in [1.807, 2.05) is 13.8 Å². The first-order chi connectivity index (χ1) is 6.01. The summed E-state index contributed by atoms with van der Waals surface area (Å²) in [6, 6.07) is 0. The van der Waals surface area contributed by atoms with Gasteiger partial charge in [0.1, 0.15) is 0 Å². The van der Waals surface area contributed by atoms with Gasteiger partial charge in [-0.25, -0.2) is 0 Å². The molecule has 0 aromatic carbocycles. The monoisotopic (exact) mass is 187 g/mol. The smallest absolute Gasteiger partial charge is 0.209 e. The molecule has 0 aromatic rings. The van der Waals surface area contributed by atoms with E-state index in [1.54, 1.807) is 4.90 Å². The van der Waals surface area contributed by atoms with Gasteiger partial charge in [0, 0.05) is 23.9 Å². The van der Waals surface area contributed by atoms with Crippen LogP contribution in [0.2, 0.25) is 0 Å². The maximum Gasteiger partial charge on any atom is 0.209 e. The zero-order valence-corrected chi connectivity index (χ0v) is 8.16. The molecule has 0 aromatic heterocycles. The molecule has 0 aliphatic carbocycles. The zero-order valence-electron chi connectivity index (χ0n) is 8.16. The van der Waals surface area contributed by atoms with Gasteiger partial charge >= 0.3 is 0 Å². The van der Waals surface area contributed by atoms with Crippen molar-refractivity contribution in [2.75, 3.05) is 26.3 Å². The SMILES string of the molecule is CC1(CO)CN(C=O)CC1(C)CO. The summed E-state index contributed by atoms with van der Waals surface area (Å²) in [4.78, 5) is 12.2. The van der Waals surface area contributed by atoms with Gasteiger partial charge in [0.05, 0.1) is 13.2 Å². The second kappa shape index (κ2) is 3.27. The van der Waals surface area contributed by atoms with Gasteiger partial charge in [-0.3, -0.25) is 4.79 Å². The third-order valence-corrected chi connectivity index (χ3v) is 3.41. The summed E-state index contributed by atoms with van der Waals surface area (Å²) >= 11 is 0. The van der Waals surface area contributed by atoms with E-state index in [9.17, 15) is 15.0 Å². The van der Waals surface area contributed by atoms with E-state index in [0.29, 0.717) is 13.1 Å². The lowest BCUT2D eigenvalue weighted by atomic mass is 9.69. The van der Waals surface area contributed by atoms with Crippen LogP contribution in [0.15, 0.2) is 0 Å². The highest BCUT2D eigenvalue weighted by atomic mass is 16.3. The zero-order chi connectivity index (χ0) is 10.1. The third kappa shape index (κ3) is 1.44. The van der Waals surface area contributed by atoms with E-state index < -0.39 is 0 Å². The van der Waals surface area contributed by atoms with Crippen molar-refractivity contribution < 1.29 is 15.0 Å². The molecule has 0 bridgehead atoms. The minimum Gasteiger partial charge on any atom is -0.396 e. The van der Waals surface area contributed by atoms with E-state index in [-0.39, 0.29) is 24.0 Å². The Hall–Kier alpha value is -0.610. The second-order valence-corrected chi connectivity index (χ2v) is 4.45. The first-order valence-electron chi connectivity index (χ1n) is 4.42. The highest BCUT2D eigenvalue weighted by Crippen LogP contribution is 2.44. The number of nitrogens with zero attached hydrogens (tertiary/aromatic N) is 1. The Kier molecular flexibility index (Phi) is 2.63. The summed E-state index contributed by atoms with van der Waals surface area (Å²) in [5.41, 5.74) is -0.772. The summed E-state index contributed by atoms with van der Waals surface area (Å²) in [7, 11) is 0. The Balaban J connectivity index is 2.89. The van der Waals surface area contributed by atoms with Crippen LogP contribution in [0, 0.1) is 10.8 Å². The van der Waals surface area contributed by atoms with E-state index in [1.165, 1.54) is 0 Å². The number of aliphatic hydroxyl groups is 2. The van der Waals surface area contributed by atoms with Gasteiger partial charge in [-0.05, 0) is 0 Å². The van der Waals surface area contributed by atoms with Crippen molar-refractivity contribution in [1.82, 2.24) is 4.90 Å². The quantitative estimate of drug-likeness (QED) is 0.583. The van der Waals surface area contributed by atoms with Crippen LogP contribution in [0.5, 0.6) is 0 Å². The van der Waals surface area contributed by atoms with E-state index in [2.05, 4.69) is 0 Å². The van der Waals surface area contributed by atoms with Crippen molar-refractivity contribution in [1.29, 1.82) is 0 Å². The Morgan fingerprint density at radius 1 is 1.23 bits per heavy atom. The van der Waals surface area contributed by atoms with Gasteiger partial charge in [-0.15, -0.1) is 0 Å². The molecule has 13 heavy (non-hydrogen) atoms. The average molecular weight is 187 g/mol. The topological polar surface area (TPSA) is 60.8 Å². The van der Waals surface area contributed by atoms with Gasteiger partial charge in [0.2, 0.25) is 6.41 Å². The molecule has 2 atom stereocenters. The number of carbonyl (C=O) groups excluding carboxylic acids is 1. The normalized spacial score (nSPS) is 39.5. The van der Waals surface area contributed by atoms with Crippen molar-refractivity contribution in [3.8, 4) is 0 Å². The highest BCUT2D eigenvalue weighted by Gasteiger charge is 2.51. The van der Waals surface area contributed by atoms with Gasteiger partial charge in [-0.2, -0.15) is 0 Å². The Bertz CT molecular complexity index is 191. The molecule has 4 heteroatoms. The molecule has 4 nitrogen and oxygen atoms in total. The molecule has 1 saturated heterocycles. The van der Waals surface area contributed by atoms with Crippen molar-refractivity contribution >= 4 is 6.41 Å². The summed E-state index contributed by atoms with van der Waals surface area (Å²) in [6.07, 6.45) is 0.773. The number of amides is 1. The molecule has 1 fully saturated rings. The largest absolute Gasteiger partial charge is 0.396 e. The molecule has 2 unspecified atom stereocenters. The Morgan fingerprint density at radius 2 is 1.62 bits per heavy atom. The molecule has 1 amide bonds. The van der Waals surface area contributed by atoms with Crippen LogP contribution in [0.1, 0.15) is 13.8 Å². The molecule has 0 spiro atoms. The number of hydrogen-bond acceptors (Lipinski definition) is 3. The molecule has 0 saturated carbocycles. The molecule has 76 valence electrons. The van der Waals surface area contributed by atoms with E-state index in [0.717, 1.165) is 6.41 Å². The van der Waals surface area contributed by atoms with Crippen molar-refractivity contribution in [2.24, 2.45) is 10.8 Å². The summed E-state index contributed by atoms with van der Waals surface area (Å²) < 4.78 is 0. The predicted molar refractivity (Wildman–Crippen MR) is 48.0 cm³/mol. The molecular weight excluding hydrogens is 170 g/mol. The van der Waals surface area contributed by atoms with Crippen LogP contribution in [-0.2, 0) is 4.79 Å². The standard InChI is InChI=1S/C9H17NO3/c1-8(5-11)3-10(7-13)4-9(8,2)6-12/h7,11-12H,3-6H2,1-2H3. The maximum absolute atomic E-state index is 10.6. The fraction of sp³-hybridized carbons (Fsp3) is 0.889. The number of hydrogen-bond donors (Lipinski definition) is 2. The Labute approximate surface area is 78.2 Å². The molecule has 0 radical (unpaired) electrons. The molecular formula is C9H17NO3. The van der Waals surface area contributed by atoms with Crippen LogP contribution in [0.4, 0.5) is 0 Å². The maximum atomic E-state index is 10.6. The summed E-state index contributed by atoms with van der Waals surface area (Å²) in [5, 5.41) is 18.5. The average Bonchev–Trinajstić information content (AvgIpc) is 2.41. The van der Waals surface area contributed by atoms with Crippen LogP contribution < -0.4 is 0 Å². The van der Waals surface area contributed by atoms with Gasteiger partial charge < -0.3 is 15.1 Å². The fourth-order valence-electron chi connectivity index (χ4n) is 1.89. The van der Waals surface area contributed by atoms with Crippen molar-refractivity contribution in [3.05, 3.63) is 0 Å². The fourth-order valence-corrected chi connectivity index (χ4v) is 1.89. The van der Waals surface area contributed by atoms with Crippen molar-refractivity contribution in [3.63, 3.8) is 0 Å². The molecule has 1 aliphatic rings. The lowest BCUT2D eigenvalue weighted by Crippen LogP contribution is -2.41. The van der Waals surface area contributed by atoms with E-state index >= 15 is 0 Å². The lowest BCUT2D eigenvalue weighted by molar-refractivity contribution is -0.117. The van der Waals surface area contributed by atoms with Crippen LogP contribution in [-0.4, -0.2) is 47.8 Å². The number of carbonyl (C=O) groups is 1. The van der Waals surface area contributed by atoms with Gasteiger partial charge in [0.25, 0.3) is 0 Å². The number of aliphatic hydroxyl groups excluding tert-OH is 2. The molecule has 2 N–H and O–H groups in total. The van der Waals surface area contributed by atoms with Gasteiger partial charge in [-0.1, -0.05) is 13.8 Å². The predicted octanol–water partition coefficient (Wildman–Crippen LogP) is -0.544. The van der Waals surface area contributed by atoms with Crippen LogP contribution in [0.3, 0.4) is 0 Å². The van der Waals surface area contributed by atoms with E-state index in [4.69, 9.17) is 0 Å². The second-order valence-electron chi connectivity index (χ2n) is 4.45. The first-order valence-corrected chi connectivity index (χ1v) is 4.42. The molecule has 1 heterocycles. The summed E-state index contributed by atoms with van der Waals surface area (Å²) in [6.45, 7) is 4.82. The molecule has 1 aliphatic heterocycles.